The monoisotopic (exact) mass is 587 g/mol. The largest absolute Gasteiger partial charge is 0.494 e. The predicted molar refractivity (Wildman–Crippen MR) is 159 cm³/mol. The first-order chi connectivity index (χ1) is 20.6. The zero-order chi connectivity index (χ0) is 30.9. The lowest BCUT2D eigenvalue weighted by Gasteiger charge is -2.34. The van der Waals surface area contributed by atoms with Crippen molar-refractivity contribution >= 4 is 23.5 Å². The summed E-state index contributed by atoms with van der Waals surface area (Å²) in [5, 5.41) is 25.4. The number of fused-ring (bicyclic) bond motifs is 3. The van der Waals surface area contributed by atoms with Gasteiger partial charge in [-0.3, -0.25) is 19.5 Å². The average Bonchev–Trinajstić information content (AvgIpc) is 3.53. The lowest BCUT2D eigenvalue weighted by molar-refractivity contribution is -0.137. The van der Waals surface area contributed by atoms with Crippen molar-refractivity contribution in [3.8, 4) is 11.5 Å². The second-order valence-corrected chi connectivity index (χ2v) is 11.7. The van der Waals surface area contributed by atoms with E-state index in [-0.39, 0.29) is 30.5 Å². The van der Waals surface area contributed by atoms with E-state index in [0.29, 0.717) is 5.75 Å². The van der Waals surface area contributed by atoms with E-state index >= 15 is 0 Å². The Morgan fingerprint density at radius 2 is 2.02 bits per heavy atom. The Bertz CT molecular complexity index is 1670. The highest BCUT2D eigenvalue weighted by Gasteiger charge is 2.36. The number of aromatic nitrogens is 4. The number of hydrogen-bond donors (Lipinski definition) is 2. The molecule has 2 aliphatic rings. The van der Waals surface area contributed by atoms with Gasteiger partial charge < -0.3 is 19.7 Å². The lowest BCUT2D eigenvalue weighted by atomic mass is 9.84. The number of methoxy groups -OCH3 is 1. The molecule has 0 saturated carbocycles. The molecule has 226 valence electrons. The number of rotatable bonds is 6. The summed E-state index contributed by atoms with van der Waals surface area (Å²) in [5.41, 5.74) is 7.62. The van der Waals surface area contributed by atoms with E-state index in [2.05, 4.69) is 52.2 Å². The Morgan fingerprint density at radius 1 is 1.26 bits per heavy atom. The van der Waals surface area contributed by atoms with Crippen molar-refractivity contribution in [2.24, 2.45) is 7.05 Å². The van der Waals surface area contributed by atoms with Crippen LogP contribution in [-0.4, -0.2) is 66.8 Å². The first-order valence-corrected chi connectivity index (χ1v) is 14.2. The van der Waals surface area contributed by atoms with Gasteiger partial charge in [0.25, 0.3) is 6.47 Å². The van der Waals surface area contributed by atoms with Crippen LogP contribution in [0.5, 0.6) is 11.5 Å². The van der Waals surface area contributed by atoms with Gasteiger partial charge >= 0.3 is 5.97 Å². The third-order valence-electron chi connectivity index (χ3n) is 8.37. The quantitative estimate of drug-likeness (QED) is 0.306. The molecule has 11 heteroatoms. The third-order valence-corrected chi connectivity index (χ3v) is 8.37. The van der Waals surface area contributed by atoms with Gasteiger partial charge in [0.15, 0.2) is 0 Å². The third kappa shape index (κ3) is 5.90. The Morgan fingerprint density at radius 3 is 2.74 bits per heavy atom. The van der Waals surface area contributed by atoms with Crippen LogP contribution in [0.1, 0.15) is 72.0 Å². The van der Waals surface area contributed by atoms with E-state index in [1.54, 1.807) is 18.0 Å². The number of carbonyl (C=O) groups is 2. The van der Waals surface area contributed by atoms with Gasteiger partial charge in [0.05, 0.1) is 13.5 Å². The first kappa shape index (κ1) is 30.0. The summed E-state index contributed by atoms with van der Waals surface area (Å²) in [7, 11) is 3.45. The summed E-state index contributed by atoms with van der Waals surface area (Å²) in [6.07, 6.45) is 5.63. The van der Waals surface area contributed by atoms with E-state index < -0.39 is 5.97 Å². The van der Waals surface area contributed by atoms with Crippen molar-refractivity contribution in [3.63, 3.8) is 0 Å². The minimum absolute atomic E-state index is 0.0388. The van der Waals surface area contributed by atoms with Gasteiger partial charge in [0.2, 0.25) is 0 Å². The first-order valence-electron chi connectivity index (χ1n) is 14.2. The van der Waals surface area contributed by atoms with Gasteiger partial charge in [-0.2, -0.15) is 0 Å². The summed E-state index contributed by atoms with van der Waals surface area (Å²) in [6, 6.07) is 10.6. The fourth-order valence-electron chi connectivity index (χ4n) is 6.58. The molecule has 2 aromatic heterocycles. The van der Waals surface area contributed by atoms with Crippen LogP contribution in [-0.2, 0) is 29.6 Å². The summed E-state index contributed by atoms with van der Waals surface area (Å²) in [6.45, 7) is 7.52. The molecule has 1 aliphatic heterocycles. The zero-order valence-corrected chi connectivity index (χ0v) is 25.1. The van der Waals surface area contributed by atoms with E-state index in [0.717, 1.165) is 65.0 Å². The number of pyridine rings is 1. The maximum atomic E-state index is 12.2. The molecular weight excluding hydrogens is 550 g/mol. The van der Waals surface area contributed by atoms with Crippen LogP contribution in [0.15, 0.2) is 42.7 Å². The van der Waals surface area contributed by atoms with Crippen LogP contribution in [0.25, 0.3) is 11.0 Å². The normalized spacial score (nSPS) is 17.9. The van der Waals surface area contributed by atoms with Gasteiger partial charge in [-0.15, -0.1) is 5.10 Å². The molecule has 0 radical (unpaired) electrons. The van der Waals surface area contributed by atoms with Crippen molar-refractivity contribution in [1.29, 1.82) is 0 Å². The number of hydrogen-bond acceptors (Lipinski definition) is 8. The molecule has 0 saturated heterocycles. The molecule has 2 unspecified atom stereocenters. The zero-order valence-electron chi connectivity index (χ0n) is 25.1. The number of nitrogens with zero attached hydrogens (tertiary/aromatic N) is 5. The molecule has 3 heterocycles. The van der Waals surface area contributed by atoms with Crippen molar-refractivity contribution in [1.82, 2.24) is 24.9 Å². The predicted octanol–water partition coefficient (Wildman–Crippen LogP) is 4.65. The van der Waals surface area contributed by atoms with E-state index in [9.17, 15) is 9.90 Å². The number of aryl methyl sites for hydroxylation is 3. The smallest absolute Gasteiger partial charge is 0.304 e. The van der Waals surface area contributed by atoms with Crippen molar-refractivity contribution in [3.05, 3.63) is 76.1 Å². The van der Waals surface area contributed by atoms with E-state index in [1.807, 2.05) is 32.3 Å². The van der Waals surface area contributed by atoms with Gasteiger partial charge in [-0.1, -0.05) is 23.4 Å². The van der Waals surface area contributed by atoms with Gasteiger partial charge in [0.1, 0.15) is 28.1 Å². The maximum absolute atomic E-state index is 12.2. The highest BCUT2D eigenvalue weighted by molar-refractivity contribution is 5.86. The Balaban J connectivity index is 0.00000118. The van der Waals surface area contributed by atoms with Crippen LogP contribution in [0.3, 0.4) is 0 Å². The molecule has 0 amide bonds. The fraction of sp³-hybridized carbons (Fsp3) is 0.406. The maximum Gasteiger partial charge on any atom is 0.304 e. The van der Waals surface area contributed by atoms with Crippen LogP contribution in [0, 0.1) is 6.92 Å². The Kier molecular flexibility index (Phi) is 8.36. The number of aliphatic carboxylic acids is 1. The van der Waals surface area contributed by atoms with Crippen molar-refractivity contribution < 1.29 is 29.3 Å². The molecule has 6 rings (SSSR count). The molecule has 4 aromatic rings. The average molecular weight is 588 g/mol. The molecule has 0 fully saturated rings. The lowest BCUT2D eigenvalue weighted by Crippen LogP contribution is -2.41. The SMILES string of the molecule is COc1cc(C(CC(=O)O)c2ccc3c(c2)C(N2Cc4cnccc4OC(C)(C)C2)CC3)c(C)c2nnn(C)c12.O=CO. The van der Waals surface area contributed by atoms with E-state index in [1.165, 1.54) is 11.1 Å². The highest BCUT2D eigenvalue weighted by Crippen LogP contribution is 2.43. The highest BCUT2D eigenvalue weighted by atomic mass is 16.5. The van der Waals surface area contributed by atoms with Gasteiger partial charge in [0, 0.05) is 50.1 Å². The molecule has 0 spiro atoms. The molecule has 2 aromatic carbocycles. The Labute approximate surface area is 250 Å². The molecule has 2 N–H and O–H groups in total. The standard InChI is InChI=1S/C31H35N5O4.CH2O2/c1-18-22(13-27(39-5)30-29(18)33-34-35(30)4)23(14-28(37)38)20-7-6-19-8-9-25(24(19)12-20)36-16-21-15-32-11-10-26(21)40-31(2,3)17-36;2-1-3/h6-7,10-13,15,23,25H,8-9,14,16-17H2,1-5H3,(H,37,38);1H,(H,2,3). The topological polar surface area (TPSA) is 140 Å². The summed E-state index contributed by atoms with van der Waals surface area (Å²) >= 11 is 0. The minimum atomic E-state index is -0.852. The number of benzene rings is 2. The summed E-state index contributed by atoms with van der Waals surface area (Å²) < 4.78 is 13.8. The summed E-state index contributed by atoms with van der Waals surface area (Å²) in [4.78, 5) is 27.4. The second kappa shape index (κ2) is 12.0. The summed E-state index contributed by atoms with van der Waals surface area (Å²) in [5.74, 6) is 0.310. The molecule has 1 aliphatic carbocycles. The Hall–Kier alpha value is -4.51. The number of carboxylic acid groups (broad SMARTS) is 2. The second-order valence-electron chi connectivity index (χ2n) is 11.7. The fourth-order valence-corrected chi connectivity index (χ4v) is 6.58. The van der Waals surface area contributed by atoms with Crippen molar-refractivity contribution in [2.75, 3.05) is 13.7 Å². The van der Waals surface area contributed by atoms with Crippen molar-refractivity contribution in [2.45, 2.75) is 64.1 Å². The molecule has 0 bridgehead atoms. The number of carboxylic acids is 1. The molecule has 11 nitrogen and oxygen atoms in total. The van der Waals surface area contributed by atoms with Gasteiger partial charge in [-0.25, -0.2) is 4.68 Å². The molecular formula is C32H37N5O6. The molecule has 43 heavy (non-hydrogen) atoms. The van der Waals surface area contributed by atoms with Crippen LogP contribution >= 0.6 is 0 Å². The number of ether oxygens (including phenoxy) is 2. The van der Waals surface area contributed by atoms with Crippen LogP contribution < -0.4 is 9.47 Å². The van der Waals surface area contributed by atoms with E-state index in [4.69, 9.17) is 19.4 Å². The van der Waals surface area contributed by atoms with Gasteiger partial charge in [-0.05, 0) is 73.6 Å². The van der Waals surface area contributed by atoms with Crippen LogP contribution in [0.4, 0.5) is 0 Å². The minimum Gasteiger partial charge on any atom is -0.494 e. The van der Waals surface area contributed by atoms with Crippen LogP contribution in [0.2, 0.25) is 0 Å². The molecule has 2 atom stereocenters.